The van der Waals surface area contributed by atoms with Crippen molar-refractivity contribution in [2.75, 3.05) is 0 Å². The van der Waals surface area contributed by atoms with Crippen LogP contribution in [0.15, 0.2) is 12.3 Å². The van der Waals surface area contributed by atoms with Crippen LogP contribution < -0.4 is 0 Å². The van der Waals surface area contributed by atoms with E-state index in [9.17, 15) is 17.6 Å². The van der Waals surface area contributed by atoms with E-state index in [0.717, 1.165) is 0 Å². The predicted octanol–water partition coefficient (Wildman–Crippen LogP) is 2.98. The van der Waals surface area contributed by atoms with E-state index in [1.807, 2.05) is 0 Å². The van der Waals surface area contributed by atoms with Crippen molar-refractivity contribution >= 4 is 11.6 Å². The lowest BCUT2D eigenvalue weighted by molar-refractivity contribution is -0.141. The van der Waals surface area contributed by atoms with Crippen molar-refractivity contribution in [2.45, 2.75) is 12.1 Å². The number of hydrogen-bond acceptors (Lipinski definition) is 1. The lowest BCUT2D eigenvalue weighted by atomic mass is 10.2. The molecule has 0 radical (unpaired) electrons. The third kappa shape index (κ3) is 2.30. The predicted molar refractivity (Wildman–Crippen MR) is 38.8 cm³/mol. The van der Waals surface area contributed by atoms with Crippen molar-refractivity contribution < 1.29 is 17.6 Å². The highest BCUT2D eigenvalue weighted by molar-refractivity contribution is 6.17. The highest BCUT2D eigenvalue weighted by atomic mass is 35.5. The van der Waals surface area contributed by atoms with Gasteiger partial charge in [0.25, 0.3) is 0 Å². The molecule has 13 heavy (non-hydrogen) atoms. The summed E-state index contributed by atoms with van der Waals surface area (Å²) in [6.45, 7) is 0. The van der Waals surface area contributed by atoms with Crippen molar-refractivity contribution in [3.8, 4) is 0 Å². The molecule has 0 bridgehead atoms. The fourth-order valence-electron chi connectivity index (χ4n) is 0.738. The summed E-state index contributed by atoms with van der Waals surface area (Å²) in [5.74, 6) is -1.14. The minimum absolute atomic E-state index is 0.205. The largest absolute Gasteiger partial charge is 0.433 e. The molecule has 0 aliphatic heterocycles. The molecule has 0 aromatic carbocycles. The molecule has 6 heteroatoms. The van der Waals surface area contributed by atoms with E-state index in [0.29, 0.717) is 12.3 Å². The van der Waals surface area contributed by atoms with Crippen molar-refractivity contribution in [2.24, 2.45) is 0 Å². The fraction of sp³-hybridized carbons (Fsp3) is 0.286. The van der Waals surface area contributed by atoms with Gasteiger partial charge in [0.05, 0.1) is 12.1 Å². The Balaban J connectivity index is 3.14. The van der Waals surface area contributed by atoms with E-state index < -0.39 is 17.7 Å². The van der Waals surface area contributed by atoms with Crippen molar-refractivity contribution in [1.82, 2.24) is 4.98 Å². The van der Waals surface area contributed by atoms with E-state index in [-0.39, 0.29) is 11.4 Å². The van der Waals surface area contributed by atoms with Crippen molar-refractivity contribution in [1.29, 1.82) is 0 Å². The Labute approximate surface area is 76.3 Å². The van der Waals surface area contributed by atoms with Crippen LogP contribution in [-0.2, 0) is 12.1 Å². The van der Waals surface area contributed by atoms with Gasteiger partial charge in [0.2, 0.25) is 0 Å². The Bertz CT molecular complexity index is 310. The Kier molecular flexibility index (Phi) is 2.75. The molecule has 0 aliphatic carbocycles. The number of rotatable bonds is 1. The lowest BCUT2D eigenvalue weighted by Gasteiger charge is -2.06. The monoisotopic (exact) mass is 213 g/mol. The van der Waals surface area contributed by atoms with Crippen LogP contribution in [-0.4, -0.2) is 4.98 Å². The highest BCUT2D eigenvalue weighted by Gasteiger charge is 2.32. The molecular weight excluding hydrogens is 210 g/mol. The van der Waals surface area contributed by atoms with Crippen LogP contribution >= 0.6 is 11.6 Å². The van der Waals surface area contributed by atoms with Gasteiger partial charge in [-0.2, -0.15) is 13.2 Å². The summed E-state index contributed by atoms with van der Waals surface area (Å²) < 4.78 is 48.7. The first kappa shape index (κ1) is 10.2. The normalized spacial score (nSPS) is 11.8. The second-order valence-corrected chi connectivity index (χ2v) is 2.56. The van der Waals surface area contributed by atoms with Gasteiger partial charge in [-0.25, -0.2) is 9.37 Å². The van der Waals surface area contributed by atoms with Gasteiger partial charge in [-0.3, -0.25) is 0 Å². The molecule has 0 aliphatic rings. The quantitative estimate of drug-likeness (QED) is 0.516. The van der Waals surface area contributed by atoms with E-state index >= 15 is 0 Å². The minimum atomic E-state index is -4.56. The summed E-state index contributed by atoms with van der Waals surface area (Å²) in [6, 6.07) is 0.600. The molecule has 1 rings (SSSR count). The average molecular weight is 214 g/mol. The maximum Gasteiger partial charge on any atom is 0.433 e. The van der Waals surface area contributed by atoms with E-state index in [1.165, 1.54) is 0 Å². The third-order valence-electron chi connectivity index (χ3n) is 1.37. The molecule has 0 atom stereocenters. The molecule has 0 spiro atoms. The number of alkyl halides is 4. The van der Waals surface area contributed by atoms with E-state index in [2.05, 4.69) is 4.98 Å². The molecule has 0 saturated carbocycles. The Morgan fingerprint density at radius 1 is 1.38 bits per heavy atom. The second-order valence-electron chi connectivity index (χ2n) is 2.29. The van der Waals surface area contributed by atoms with Crippen LogP contribution in [0.5, 0.6) is 0 Å². The summed E-state index contributed by atoms with van der Waals surface area (Å²) in [5.41, 5.74) is -1.34. The zero-order valence-corrected chi connectivity index (χ0v) is 6.95. The molecule has 1 nitrogen and oxygen atoms in total. The third-order valence-corrected chi connectivity index (χ3v) is 1.66. The van der Waals surface area contributed by atoms with Gasteiger partial charge in [0.15, 0.2) is 0 Å². The van der Waals surface area contributed by atoms with Crippen LogP contribution in [0.3, 0.4) is 0 Å². The van der Waals surface area contributed by atoms with Crippen molar-refractivity contribution in [3.63, 3.8) is 0 Å². The number of hydrogen-bond donors (Lipinski definition) is 0. The molecular formula is C7H4ClF4N. The summed E-state index contributed by atoms with van der Waals surface area (Å²) in [4.78, 5) is 2.90. The average Bonchev–Trinajstić information content (AvgIpc) is 2.03. The van der Waals surface area contributed by atoms with E-state index in [1.54, 1.807) is 0 Å². The van der Waals surface area contributed by atoms with Crippen LogP contribution in [0.1, 0.15) is 11.3 Å². The van der Waals surface area contributed by atoms with Gasteiger partial charge in [-0.15, -0.1) is 11.6 Å². The Hall–Kier alpha value is -0.840. The number of aromatic nitrogens is 1. The zero-order valence-electron chi connectivity index (χ0n) is 6.20. The number of nitrogens with zero attached hydrogens (tertiary/aromatic N) is 1. The van der Waals surface area contributed by atoms with Gasteiger partial charge in [0.1, 0.15) is 11.5 Å². The molecule has 1 heterocycles. The van der Waals surface area contributed by atoms with Gasteiger partial charge in [-0.05, 0) is 6.07 Å². The molecule has 1 aromatic heterocycles. The maximum absolute atomic E-state index is 12.6. The Morgan fingerprint density at radius 3 is 2.46 bits per heavy atom. The van der Waals surface area contributed by atoms with Gasteiger partial charge < -0.3 is 0 Å². The van der Waals surface area contributed by atoms with Crippen LogP contribution in [0.2, 0.25) is 0 Å². The smallest absolute Gasteiger partial charge is 0.249 e. The minimum Gasteiger partial charge on any atom is -0.249 e. The van der Waals surface area contributed by atoms with Crippen LogP contribution in [0, 0.1) is 5.82 Å². The summed E-state index contributed by atoms with van der Waals surface area (Å²) >= 11 is 5.22. The van der Waals surface area contributed by atoms with Crippen molar-refractivity contribution in [3.05, 3.63) is 29.3 Å². The first-order valence-electron chi connectivity index (χ1n) is 3.22. The first-order valence-corrected chi connectivity index (χ1v) is 3.76. The highest BCUT2D eigenvalue weighted by Crippen LogP contribution is 2.28. The molecule has 0 N–H and O–H groups in total. The first-order chi connectivity index (χ1) is 5.95. The lowest BCUT2D eigenvalue weighted by Crippen LogP contribution is -2.09. The van der Waals surface area contributed by atoms with Gasteiger partial charge in [-0.1, -0.05) is 0 Å². The second kappa shape index (κ2) is 3.49. The zero-order chi connectivity index (χ0) is 10.1. The van der Waals surface area contributed by atoms with Gasteiger partial charge >= 0.3 is 6.18 Å². The van der Waals surface area contributed by atoms with Crippen LogP contribution in [0.4, 0.5) is 17.6 Å². The van der Waals surface area contributed by atoms with E-state index in [4.69, 9.17) is 11.6 Å². The molecule has 0 fully saturated rings. The number of halogens is 5. The molecule has 0 saturated heterocycles. The summed E-state index contributed by atoms with van der Waals surface area (Å²) in [6.07, 6.45) is -4.05. The van der Waals surface area contributed by atoms with Gasteiger partial charge in [0, 0.05) is 5.56 Å². The molecule has 0 unspecified atom stereocenters. The molecule has 0 amide bonds. The standard InChI is InChI=1S/C7H4ClF4N/c8-2-4-1-6(7(10,11)12)13-3-5(4)9/h1,3H,2H2. The molecule has 72 valence electrons. The topological polar surface area (TPSA) is 12.9 Å². The SMILES string of the molecule is Fc1cnc(C(F)(F)F)cc1CCl. The fourth-order valence-corrected chi connectivity index (χ4v) is 0.943. The van der Waals surface area contributed by atoms with Crippen LogP contribution in [0.25, 0.3) is 0 Å². The Morgan fingerprint density at radius 2 is 2.00 bits per heavy atom. The summed E-state index contributed by atoms with van der Waals surface area (Å²) in [7, 11) is 0. The maximum atomic E-state index is 12.6. The number of pyridine rings is 1. The molecule has 1 aromatic rings. The summed E-state index contributed by atoms with van der Waals surface area (Å²) in [5, 5.41) is 0.